The van der Waals surface area contributed by atoms with Crippen molar-refractivity contribution in [3.63, 3.8) is 0 Å². The topological polar surface area (TPSA) is 0 Å². The molecule has 0 heterocycles. The summed E-state index contributed by atoms with van der Waals surface area (Å²) in [7, 11) is 0. The van der Waals surface area contributed by atoms with Gasteiger partial charge in [-0.15, -0.1) is 0 Å². The molecule has 2 aliphatic rings. The molecule has 2 aliphatic carbocycles. The first-order valence-corrected chi connectivity index (χ1v) is 7.16. The SMILES string of the molecule is CCC12CCC(C)(C)C1(CC)c1ccccc12. The summed E-state index contributed by atoms with van der Waals surface area (Å²) >= 11 is 0. The van der Waals surface area contributed by atoms with Gasteiger partial charge in [0.05, 0.1) is 0 Å². The third kappa shape index (κ3) is 0.939. The van der Waals surface area contributed by atoms with Gasteiger partial charge in [0, 0.05) is 10.8 Å². The maximum atomic E-state index is 2.49. The van der Waals surface area contributed by atoms with Crippen molar-refractivity contribution in [1.29, 1.82) is 0 Å². The molecule has 2 atom stereocenters. The summed E-state index contributed by atoms with van der Waals surface area (Å²) < 4.78 is 0. The van der Waals surface area contributed by atoms with Crippen LogP contribution in [0.5, 0.6) is 0 Å². The summed E-state index contributed by atoms with van der Waals surface area (Å²) in [5.41, 5.74) is 4.72. The Bertz CT molecular complexity index is 457. The van der Waals surface area contributed by atoms with E-state index in [1.807, 2.05) is 0 Å². The lowest BCUT2D eigenvalue weighted by atomic mass is 9.41. The molecular formula is C17H24. The number of fused-ring (bicyclic) bond motifs is 4. The van der Waals surface area contributed by atoms with Crippen LogP contribution in [-0.4, -0.2) is 0 Å². The van der Waals surface area contributed by atoms with E-state index in [-0.39, 0.29) is 0 Å². The summed E-state index contributed by atoms with van der Waals surface area (Å²) in [6.07, 6.45) is 5.37. The summed E-state index contributed by atoms with van der Waals surface area (Å²) in [5, 5.41) is 0. The van der Waals surface area contributed by atoms with E-state index in [1.54, 1.807) is 11.1 Å². The van der Waals surface area contributed by atoms with E-state index in [1.165, 1.54) is 25.7 Å². The molecular weight excluding hydrogens is 204 g/mol. The highest BCUT2D eigenvalue weighted by molar-refractivity contribution is 5.58. The first-order valence-electron chi connectivity index (χ1n) is 7.16. The zero-order chi connectivity index (χ0) is 12.3. The minimum atomic E-state index is 0.450. The lowest BCUT2D eigenvalue weighted by Crippen LogP contribution is -2.59. The minimum Gasteiger partial charge on any atom is -0.0645 e. The Morgan fingerprint density at radius 1 is 0.941 bits per heavy atom. The van der Waals surface area contributed by atoms with Gasteiger partial charge >= 0.3 is 0 Å². The first-order chi connectivity index (χ1) is 8.06. The molecule has 2 unspecified atom stereocenters. The third-order valence-corrected chi connectivity index (χ3v) is 6.19. The largest absolute Gasteiger partial charge is 0.0645 e. The van der Waals surface area contributed by atoms with Gasteiger partial charge in [-0.1, -0.05) is 52.0 Å². The van der Waals surface area contributed by atoms with Crippen LogP contribution in [0.1, 0.15) is 64.5 Å². The molecule has 1 aromatic rings. The Balaban J connectivity index is 2.29. The van der Waals surface area contributed by atoms with E-state index < -0.39 is 0 Å². The molecule has 17 heavy (non-hydrogen) atoms. The lowest BCUT2D eigenvalue weighted by molar-refractivity contribution is 0.0811. The van der Waals surface area contributed by atoms with Crippen LogP contribution in [0.15, 0.2) is 24.3 Å². The predicted octanol–water partition coefficient (Wildman–Crippen LogP) is 4.82. The van der Waals surface area contributed by atoms with Crippen molar-refractivity contribution in [2.75, 3.05) is 0 Å². The normalized spacial score (nSPS) is 37.2. The zero-order valence-corrected chi connectivity index (χ0v) is 11.6. The second kappa shape index (κ2) is 3.16. The average Bonchev–Trinajstić information content (AvgIpc) is 2.51. The monoisotopic (exact) mass is 228 g/mol. The molecule has 0 bridgehead atoms. The van der Waals surface area contributed by atoms with Gasteiger partial charge in [-0.25, -0.2) is 0 Å². The average molecular weight is 228 g/mol. The van der Waals surface area contributed by atoms with Crippen LogP contribution in [0.4, 0.5) is 0 Å². The van der Waals surface area contributed by atoms with E-state index in [9.17, 15) is 0 Å². The van der Waals surface area contributed by atoms with Crippen molar-refractivity contribution >= 4 is 0 Å². The Hall–Kier alpha value is -0.780. The number of hydrogen-bond acceptors (Lipinski definition) is 0. The van der Waals surface area contributed by atoms with Crippen LogP contribution in [0.25, 0.3) is 0 Å². The fraction of sp³-hybridized carbons (Fsp3) is 0.647. The van der Waals surface area contributed by atoms with Crippen LogP contribution in [-0.2, 0) is 10.8 Å². The third-order valence-electron chi connectivity index (χ3n) is 6.19. The molecule has 0 N–H and O–H groups in total. The molecule has 0 heteroatoms. The van der Waals surface area contributed by atoms with E-state index in [0.29, 0.717) is 16.2 Å². The maximum Gasteiger partial charge on any atom is 0.0101 e. The molecule has 0 radical (unpaired) electrons. The molecule has 0 spiro atoms. The number of benzene rings is 1. The van der Waals surface area contributed by atoms with Crippen LogP contribution in [0.2, 0.25) is 0 Å². The molecule has 1 saturated carbocycles. The highest BCUT2D eigenvalue weighted by Crippen LogP contribution is 2.74. The van der Waals surface area contributed by atoms with E-state index in [2.05, 4.69) is 52.0 Å². The predicted molar refractivity (Wildman–Crippen MR) is 73.4 cm³/mol. The number of rotatable bonds is 2. The van der Waals surface area contributed by atoms with Gasteiger partial charge < -0.3 is 0 Å². The highest BCUT2D eigenvalue weighted by Gasteiger charge is 2.69. The fourth-order valence-electron chi connectivity index (χ4n) is 5.47. The van der Waals surface area contributed by atoms with Gasteiger partial charge in [0.2, 0.25) is 0 Å². The van der Waals surface area contributed by atoms with Crippen molar-refractivity contribution in [3.8, 4) is 0 Å². The van der Waals surface area contributed by atoms with Gasteiger partial charge in [-0.2, -0.15) is 0 Å². The first kappa shape index (κ1) is 11.3. The Kier molecular flexibility index (Phi) is 2.10. The smallest absolute Gasteiger partial charge is 0.0101 e. The quantitative estimate of drug-likeness (QED) is 0.681. The molecule has 3 rings (SSSR count). The Morgan fingerprint density at radius 2 is 1.59 bits per heavy atom. The van der Waals surface area contributed by atoms with Gasteiger partial charge in [0.15, 0.2) is 0 Å². The molecule has 0 saturated heterocycles. The van der Waals surface area contributed by atoms with Crippen LogP contribution in [0, 0.1) is 5.41 Å². The molecule has 0 aliphatic heterocycles. The second-order valence-corrected chi connectivity index (χ2v) is 6.62. The lowest BCUT2D eigenvalue weighted by Gasteiger charge is -2.62. The fourth-order valence-corrected chi connectivity index (χ4v) is 5.47. The molecule has 0 nitrogen and oxygen atoms in total. The van der Waals surface area contributed by atoms with Gasteiger partial charge in [0.25, 0.3) is 0 Å². The van der Waals surface area contributed by atoms with Gasteiger partial charge in [-0.3, -0.25) is 0 Å². The van der Waals surface area contributed by atoms with Crippen molar-refractivity contribution in [2.45, 2.75) is 64.2 Å². The van der Waals surface area contributed by atoms with Crippen molar-refractivity contribution in [2.24, 2.45) is 5.41 Å². The maximum absolute atomic E-state index is 2.49. The van der Waals surface area contributed by atoms with Crippen LogP contribution in [0.3, 0.4) is 0 Å². The standard InChI is InChI=1S/C17H24/c1-5-16-12-11-15(3,4)17(16,6-2)14-10-8-7-9-13(14)16/h7-10H,5-6,11-12H2,1-4H3. The minimum absolute atomic E-state index is 0.450. The summed E-state index contributed by atoms with van der Waals surface area (Å²) in [6, 6.07) is 9.22. The summed E-state index contributed by atoms with van der Waals surface area (Å²) in [6.45, 7) is 9.77. The van der Waals surface area contributed by atoms with E-state index in [0.717, 1.165) is 0 Å². The van der Waals surface area contributed by atoms with Crippen LogP contribution < -0.4 is 0 Å². The molecule has 0 aromatic heterocycles. The van der Waals surface area contributed by atoms with Crippen molar-refractivity contribution in [3.05, 3.63) is 35.4 Å². The van der Waals surface area contributed by atoms with Gasteiger partial charge in [0.1, 0.15) is 0 Å². The molecule has 92 valence electrons. The Morgan fingerprint density at radius 3 is 2.18 bits per heavy atom. The molecule has 1 fully saturated rings. The van der Waals surface area contributed by atoms with Crippen molar-refractivity contribution < 1.29 is 0 Å². The zero-order valence-electron chi connectivity index (χ0n) is 11.6. The molecule has 0 amide bonds. The molecule has 1 aromatic carbocycles. The summed E-state index contributed by atoms with van der Waals surface area (Å²) in [4.78, 5) is 0. The Labute approximate surface area is 105 Å². The number of hydrogen-bond donors (Lipinski definition) is 0. The second-order valence-electron chi connectivity index (χ2n) is 6.62. The van der Waals surface area contributed by atoms with Gasteiger partial charge in [-0.05, 0) is 42.2 Å². The van der Waals surface area contributed by atoms with Crippen LogP contribution >= 0.6 is 0 Å². The van der Waals surface area contributed by atoms with E-state index >= 15 is 0 Å². The van der Waals surface area contributed by atoms with Crippen molar-refractivity contribution in [1.82, 2.24) is 0 Å². The van der Waals surface area contributed by atoms with E-state index in [4.69, 9.17) is 0 Å². The highest BCUT2D eigenvalue weighted by atomic mass is 14.7. The summed E-state index contributed by atoms with van der Waals surface area (Å²) in [5.74, 6) is 0.